The average molecular weight is 284 g/mol. The van der Waals surface area contributed by atoms with Crippen LogP contribution in [-0.2, 0) is 0 Å². The van der Waals surface area contributed by atoms with E-state index in [1.54, 1.807) is 6.07 Å². The van der Waals surface area contributed by atoms with E-state index in [0.29, 0.717) is 10.6 Å². The molecule has 0 atom stereocenters. The topological polar surface area (TPSA) is 23.8 Å². The summed E-state index contributed by atoms with van der Waals surface area (Å²) in [6.07, 6.45) is 0. The summed E-state index contributed by atoms with van der Waals surface area (Å²) in [6, 6.07) is 8.25. The van der Waals surface area contributed by atoms with Crippen molar-refractivity contribution in [1.82, 2.24) is 0 Å². The Balaban J connectivity index is 2.67. The highest BCUT2D eigenvalue weighted by Crippen LogP contribution is 2.31. The quantitative estimate of drug-likeness (QED) is 0.737. The summed E-state index contributed by atoms with van der Waals surface area (Å²) in [6.45, 7) is 0. The maximum absolute atomic E-state index is 13.2. The van der Waals surface area contributed by atoms with Gasteiger partial charge < -0.3 is 0 Å². The van der Waals surface area contributed by atoms with Crippen molar-refractivity contribution in [2.45, 2.75) is 0 Å². The van der Waals surface area contributed by atoms with Gasteiger partial charge in [-0.25, -0.2) is 8.78 Å². The van der Waals surface area contributed by atoms with Crippen molar-refractivity contribution in [2.24, 2.45) is 0 Å². The Morgan fingerprint density at radius 3 is 2.22 bits per heavy atom. The molecule has 0 fully saturated rings. The Kier molecular flexibility index (Phi) is 3.51. The van der Waals surface area contributed by atoms with Crippen LogP contribution in [0.15, 0.2) is 30.3 Å². The maximum atomic E-state index is 13.2. The van der Waals surface area contributed by atoms with Crippen LogP contribution in [0.4, 0.5) is 8.78 Å². The molecule has 0 amide bonds. The zero-order chi connectivity index (χ0) is 13.3. The van der Waals surface area contributed by atoms with E-state index in [-0.39, 0.29) is 16.1 Å². The fraction of sp³-hybridized carbons (Fsp3) is 0. The van der Waals surface area contributed by atoms with E-state index in [0.717, 1.165) is 12.1 Å². The van der Waals surface area contributed by atoms with Crippen molar-refractivity contribution in [1.29, 1.82) is 5.26 Å². The largest absolute Gasteiger partial charge is 0.204 e. The molecule has 0 saturated heterocycles. The number of halogens is 4. The van der Waals surface area contributed by atoms with Gasteiger partial charge in [0.15, 0.2) is 11.6 Å². The van der Waals surface area contributed by atoms with E-state index >= 15 is 0 Å². The molecule has 1 nitrogen and oxygen atoms in total. The Morgan fingerprint density at radius 2 is 1.61 bits per heavy atom. The normalized spacial score (nSPS) is 10.2. The molecule has 0 N–H and O–H groups in total. The second-order valence-corrected chi connectivity index (χ2v) is 4.37. The Hall–Kier alpha value is -1.63. The Bertz CT molecular complexity index is 663. The van der Waals surface area contributed by atoms with Gasteiger partial charge in [-0.15, -0.1) is 0 Å². The lowest BCUT2D eigenvalue weighted by Gasteiger charge is -2.06. The van der Waals surface area contributed by atoms with E-state index in [9.17, 15) is 8.78 Å². The van der Waals surface area contributed by atoms with Gasteiger partial charge in [-0.1, -0.05) is 29.3 Å². The molecule has 2 aromatic carbocycles. The molecular formula is C13H5Cl2F2N. The predicted octanol–water partition coefficient (Wildman–Crippen LogP) is 4.81. The fourth-order valence-corrected chi connectivity index (χ4v) is 1.84. The lowest BCUT2D eigenvalue weighted by molar-refractivity contribution is 0.508. The second-order valence-electron chi connectivity index (χ2n) is 3.55. The maximum Gasteiger partial charge on any atom is 0.160 e. The van der Waals surface area contributed by atoms with Crippen molar-refractivity contribution in [3.8, 4) is 17.2 Å². The number of hydrogen-bond acceptors (Lipinski definition) is 1. The first-order chi connectivity index (χ1) is 8.52. The molecule has 2 rings (SSSR count). The SMILES string of the molecule is N#Cc1cc(F)c(F)cc1-c1ccc(Cl)c(Cl)c1. The number of hydrogen-bond donors (Lipinski definition) is 0. The minimum atomic E-state index is -1.06. The Labute approximate surface area is 112 Å². The van der Waals surface area contributed by atoms with E-state index < -0.39 is 11.6 Å². The first-order valence-electron chi connectivity index (χ1n) is 4.87. The van der Waals surface area contributed by atoms with Crippen LogP contribution in [-0.4, -0.2) is 0 Å². The zero-order valence-corrected chi connectivity index (χ0v) is 10.4. The highest BCUT2D eigenvalue weighted by atomic mass is 35.5. The number of rotatable bonds is 1. The molecule has 0 heterocycles. The van der Waals surface area contributed by atoms with Gasteiger partial charge in [-0.05, 0) is 29.8 Å². The van der Waals surface area contributed by atoms with Gasteiger partial charge in [0.25, 0.3) is 0 Å². The minimum Gasteiger partial charge on any atom is -0.204 e. The number of benzene rings is 2. The van der Waals surface area contributed by atoms with Crippen LogP contribution in [0.5, 0.6) is 0 Å². The summed E-state index contributed by atoms with van der Waals surface area (Å²) >= 11 is 11.6. The monoisotopic (exact) mass is 283 g/mol. The third-order valence-electron chi connectivity index (χ3n) is 2.41. The summed E-state index contributed by atoms with van der Waals surface area (Å²) < 4.78 is 26.2. The molecule has 0 aliphatic heterocycles. The van der Waals surface area contributed by atoms with Crippen LogP contribution in [0.2, 0.25) is 10.0 Å². The van der Waals surface area contributed by atoms with Crippen molar-refractivity contribution >= 4 is 23.2 Å². The highest BCUT2D eigenvalue weighted by Gasteiger charge is 2.12. The summed E-state index contributed by atoms with van der Waals surface area (Å²) in [7, 11) is 0. The molecule has 90 valence electrons. The third kappa shape index (κ3) is 2.31. The molecule has 0 aromatic heterocycles. The first kappa shape index (κ1) is 12.8. The molecule has 0 aliphatic rings. The molecule has 0 unspecified atom stereocenters. The lowest BCUT2D eigenvalue weighted by Crippen LogP contribution is -1.91. The highest BCUT2D eigenvalue weighted by molar-refractivity contribution is 6.42. The van der Waals surface area contributed by atoms with Gasteiger partial charge in [-0.2, -0.15) is 5.26 Å². The van der Waals surface area contributed by atoms with Crippen LogP contribution in [0.3, 0.4) is 0 Å². The molecule has 0 spiro atoms. The van der Waals surface area contributed by atoms with Crippen LogP contribution in [0, 0.1) is 23.0 Å². The van der Waals surface area contributed by atoms with Crippen LogP contribution in [0.1, 0.15) is 5.56 Å². The van der Waals surface area contributed by atoms with Crippen LogP contribution < -0.4 is 0 Å². The second kappa shape index (κ2) is 4.93. The number of nitriles is 1. The summed E-state index contributed by atoms with van der Waals surface area (Å²) in [5, 5.41) is 9.55. The lowest BCUT2D eigenvalue weighted by atomic mass is 10.00. The van der Waals surface area contributed by atoms with E-state index in [1.807, 2.05) is 6.07 Å². The standard InChI is InChI=1S/C13H5Cl2F2N/c14-10-2-1-7(3-11(10)15)9-5-13(17)12(16)4-8(9)6-18/h1-5H. The first-order valence-corrected chi connectivity index (χ1v) is 5.63. The predicted molar refractivity (Wildman–Crippen MR) is 66.5 cm³/mol. The summed E-state index contributed by atoms with van der Waals surface area (Å²) in [5.41, 5.74) is 0.808. The van der Waals surface area contributed by atoms with Gasteiger partial charge in [0, 0.05) is 5.56 Å². The van der Waals surface area contributed by atoms with E-state index in [2.05, 4.69) is 0 Å². The van der Waals surface area contributed by atoms with Gasteiger partial charge in [0.05, 0.1) is 21.7 Å². The van der Waals surface area contributed by atoms with Gasteiger partial charge >= 0.3 is 0 Å². The molecule has 0 aliphatic carbocycles. The van der Waals surface area contributed by atoms with Gasteiger partial charge in [0.1, 0.15) is 0 Å². The molecule has 18 heavy (non-hydrogen) atoms. The van der Waals surface area contributed by atoms with Gasteiger partial charge in [-0.3, -0.25) is 0 Å². The van der Waals surface area contributed by atoms with Crippen molar-refractivity contribution in [3.05, 3.63) is 57.6 Å². The van der Waals surface area contributed by atoms with Crippen LogP contribution in [0.25, 0.3) is 11.1 Å². The van der Waals surface area contributed by atoms with Crippen molar-refractivity contribution in [3.63, 3.8) is 0 Å². The van der Waals surface area contributed by atoms with E-state index in [4.69, 9.17) is 28.5 Å². The average Bonchev–Trinajstić information content (AvgIpc) is 2.35. The van der Waals surface area contributed by atoms with Crippen LogP contribution >= 0.6 is 23.2 Å². The molecule has 2 aromatic rings. The third-order valence-corrected chi connectivity index (χ3v) is 3.15. The zero-order valence-electron chi connectivity index (χ0n) is 8.85. The minimum absolute atomic E-state index is 0.0345. The molecule has 0 bridgehead atoms. The summed E-state index contributed by atoms with van der Waals surface area (Å²) in [5.74, 6) is -2.08. The van der Waals surface area contributed by atoms with Crippen molar-refractivity contribution in [2.75, 3.05) is 0 Å². The summed E-state index contributed by atoms with van der Waals surface area (Å²) in [4.78, 5) is 0. The Morgan fingerprint density at radius 1 is 0.944 bits per heavy atom. The fourth-order valence-electron chi connectivity index (χ4n) is 1.54. The van der Waals surface area contributed by atoms with Gasteiger partial charge in [0.2, 0.25) is 0 Å². The molecule has 0 saturated carbocycles. The molecular weight excluding hydrogens is 279 g/mol. The molecule has 0 radical (unpaired) electrons. The number of nitrogens with zero attached hydrogens (tertiary/aromatic N) is 1. The van der Waals surface area contributed by atoms with Crippen molar-refractivity contribution < 1.29 is 8.78 Å². The van der Waals surface area contributed by atoms with E-state index in [1.165, 1.54) is 12.1 Å². The molecule has 5 heteroatoms. The smallest absolute Gasteiger partial charge is 0.160 e.